The predicted molar refractivity (Wildman–Crippen MR) is 76.5 cm³/mol. The summed E-state index contributed by atoms with van der Waals surface area (Å²) in [5.74, 6) is 0.655. The zero-order chi connectivity index (χ0) is 14.1. The zero-order valence-electron chi connectivity index (χ0n) is 10.9. The van der Waals surface area contributed by atoms with Gasteiger partial charge in [0.1, 0.15) is 12.4 Å². The fraction of sp³-hybridized carbons (Fsp3) is 0.214. The van der Waals surface area contributed by atoms with Crippen LogP contribution in [0.2, 0.25) is 5.28 Å². The third-order valence-electron chi connectivity index (χ3n) is 3.25. The summed E-state index contributed by atoms with van der Waals surface area (Å²) in [6, 6.07) is 7.87. The van der Waals surface area contributed by atoms with Crippen molar-refractivity contribution in [1.82, 2.24) is 19.5 Å². The van der Waals surface area contributed by atoms with Crippen molar-refractivity contribution in [2.75, 3.05) is 0 Å². The van der Waals surface area contributed by atoms with E-state index in [-0.39, 0.29) is 11.9 Å². The molecule has 20 heavy (non-hydrogen) atoms. The summed E-state index contributed by atoms with van der Waals surface area (Å²) >= 11 is 5.78. The van der Waals surface area contributed by atoms with Gasteiger partial charge in [0.2, 0.25) is 5.28 Å². The Bertz CT molecular complexity index is 769. The van der Waals surface area contributed by atoms with Gasteiger partial charge in [-0.3, -0.25) is 0 Å². The highest BCUT2D eigenvalue weighted by Crippen LogP contribution is 2.18. The number of imidazole rings is 1. The average molecular weight is 289 g/mol. The number of nitrogens with zero attached hydrogens (tertiary/aromatic N) is 4. The molecule has 0 aliphatic rings. The number of fused-ring (bicyclic) bond motifs is 1. The van der Waals surface area contributed by atoms with Gasteiger partial charge in [-0.2, -0.15) is 0 Å². The van der Waals surface area contributed by atoms with Crippen LogP contribution < -0.4 is 0 Å². The van der Waals surface area contributed by atoms with Crippen molar-refractivity contribution in [3.63, 3.8) is 0 Å². The normalized spacial score (nSPS) is 11.2. The largest absolute Gasteiger partial charge is 0.388 e. The van der Waals surface area contributed by atoms with Crippen molar-refractivity contribution in [1.29, 1.82) is 0 Å². The van der Waals surface area contributed by atoms with Crippen LogP contribution in [-0.4, -0.2) is 24.6 Å². The Hall–Kier alpha value is -1.98. The van der Waals surface area contributed by atoms with E-state index in [0.717, 1.165) is 22.3 Å². The molecule has 0 radical (unpaired) electrons. The molecule has 0 fully saturated rings. The highest BCUT2D eigenvalue weighted by Gasteiger charge is 2.08. The molecule has 2 aromatic heterocycles. The lowest BCUT2D eigenvalue weighted by atomic mass is 10.1. The highest BCUT2D eigenvalue weighted by molar-refractivity contribution is 6.28. The molecule has 0 amide bonds. The number of aliphatic hydroxyl groups excluding tert-OH is 1. The van der Waals surface area contributed by atoms with Crippen LogP contribution in [0.3, 0.4) is 0 Å². The van der Waals surface area contributed by atoms with Crippen LogP contribution in [0.25, 0.3) is 11.0 Å². The van der Waals surface area contributed by atoms with Gasteiger partial charge < -0.3 is 9.67 Å². The van der Waals surface area contributed by atoms with Gasteiger partial charge in [0.15, 0.2) is 0 Å². The maximum Gasteiger partial charge on any atom is 0.222 e. The monoisotopic (exact) mass is 288 g/mol. The fourth-order valence-corrected chi connectivity index (χ4v) is 2.39. The summed E-state index contributed by atoms with van der Waals surface area (Å²) in [4.78, 5) is 12.4. The molecule has 2 heterocycles. The first-order valence-electron chi connectivity index (χ1n) is 6.20. The van der Waals surface area contributed by atoms with Gasteiger partial charge in [0.05, 0.1) is 11.0 Å². The molecule has 0 saturated heterocycles. The van der Waals surface area contributed by atoms with Crippen molar-refractivity contribution in [3.8, 4) is 0 Å². The minimum absolute atomic E-state index is 0.0674. The van der Waals surface area contributed by atoms with E-state index >= 15 is 0 Å². The molecule has 1 N–H and O–H groups in total. The van der Waals surface area contributed by atoms with E-state index in [4.69, 9.17) is 11.6 Å². The molecule has 0 saturated carbocycles. The van der Waals surface area contributed by atoms with Crippen LogP contribution in [0.5, 0.6) is 0 Å². The van der Waals surface area contributed by atoms with Crippen molar-refractivity contribution in [2.24, 2.45) is 7.05 Å². The molecule has 0 aliphatic heterocycles. The maximum absolute atomic E-state index is 9.24. The van der Waals surface area contributed by atoms with Crippen molar-refractivity contribution in [2.45, 2.75) is 13.0 Å². The fourth-order valence-electron chi connectivity index (χ4n) is 2.22. The zero-order valence-corrected chi connectivity index (χ0v) is 11.7. The molecule has 6 heteroatoms. The van der Waals surface area contributed by atoms with Crippen LogP contribution in [0.4, 0.5) is 0 Å². The smallest absolute Gasteiger partial charge is 0.222 e. The first kappa shape index (κ1) is 13.0. The van der Waals surface area contributed by atoms with Crippen LogP contribution >= 0.6 is 11.6 Å². The van der Waals surface area contributed by atoms with Crippen molar-refractivity contribution >= 4 is 22.6 Å². The molecule has 0 bridgehead atoms. The van der Waals surface area contributed by atoms with Gasteiger partial charge in [-0.05, 0) is 35.4 Å². The maximum atomic E-state index is 9.24. The SMILES string of the molecule is Cn1c(CO)nc2cc(Cc3ccnc(Cl)n3)ccc21. The number of benzene rings is 1. The lowest BCUT2D eigenvalue weighted by Crippen LogP contribution is -1.96. The first-order valence-corrected chi connectivity index (χ1v) is 6.57. The number of halogens is 1. The van der Waals surface area contributed by atoms with Crippen LogP contribution in [0.15, 0.2) is 30.5 Å². The minimum Gasteiger partial charge on any atom is -0.388 e. The first-order chi connectivity index (χ1) is 9.67. The Morgan fingerprint density at radius 2 is 2.10 bits per heavy atom. The summed E-state index contributed by atoms with van der Waals surface area (Å²) in [5, 5.41) is 9.49. The second-order valence-electron chi connectivity index (χ2n) is 4.56. The number of hydrogen-bond acceptors (Lipinski definition) is 4. The Morgan fingerprint density at radius 1 is 1.25 bits per heavy atom. The molecule has 3 rings (SSSR count). The van der Waals surface area contributed by atoms with Crippen LogP contribution in [0, 0.1) is 0 Å². The van der Waals surface area contributed by atoms with Gasteiger partial charge in [-0.1, -0.05) is 6.07 Å². The summed E-state index contributed by atoms with van der Waals surface area (Å²) in [7, 11) is 1.89. The van der Waals surface area contributed by atoms with E-state index < -0.39 is 0 Å². The van der Waals surface area contributed by atoms with Gasteiger partial charge in [0, 0.05) is 25.4 Å². The molecular weight excluding hydrogens is 276 g/mol. The predicted octanol–water partition coefficient (Wildman–Crippen LogP) is 2.10. The van der Waals surface area contributed by atoms with Gasteiger partial charge in [0.25, 0.3) is 0 Å². The van der Waals surface area contributed by atoms with E-state index in [1.165, 1.54) is 0 Å². The molecule has 102 valence electrons. The Balaban J connectivity index is 1.97. The number of aryl methyl sites for hydroxylation is 1. The lowest BCUT2D eigenvalue weighted by molar-refractivity contribution is 0.268. The molecule has 0 atom stereocenters. The minimum atomic E-state index is -0.0674. The van der Waals surface area contributed by atoms with Gasteiger partial charge in [-0.15, -0.1) is 0 Å². The van der Waals surface area contributed by atoms with Crippen molar-refractivity contribution < 1.29 is 5.11 Å². The second-order valence-corrected chi connectivity index (χ2v) is 4.90. The highest BCUT2D eigenvalue weighted by atomic mass is 35.5. The number of aliphatic hydroxyl groups is 1. The molecular formula is C14H13ClN4O. The Labute approximate surface area is 120 Å². The second kappa shape index (κ2) is 5.19. The number of rotatable bonds is 3. The van der Waals surface area contributed by atoms with Crippen molar-refractivity contribution in [3.05, 3.63) is 52.8 Å². The topological polar surface area (TPSA) is 63.8 Å². The molecule has 1 aromatic carbocycles. The Kier molecular flexibility index (Phi) is 3.38. The van der Waals surface area contributed by atoms with Gasteiger partial charge >= 0.3 is 0 Å². The third-order valence-corrected chi connectivity index (χ3v) is 3.43. The summed E-state index contributed by atoms with van der Waals surface area (Å²) in [6.07, 6.45) is 2.32. The molecule has 0 aliphatic carbocycles. The van der Waals surface area contributed by atoms with E-state index in [1.807, 2.05) is 35.9 Å². The van der Waals surface area contributed by atoms with E-state index in [9.17, 15) is 5.11 Å². The third kappa shape index (κ3) is 2.37. The van der Waals surface area contributed by atoms with Gasteiger partial charge in [-0.25, -0.2) is 15.0 Å². The molecule has 0 spiro atoms. The van der Waals surface area contributed by atoms with Crippen LogP contribution in [-0.2, 0) is 20.1 Å². The number of aromatic nitrogens is 4. The van der Waals surface area contributed by atoms with Crippen LogP contribution in [0.1, 0.15) is 17.1 Å². The van der Waals surface area contributed by atoms with E-state index in [0.29, 0.717) is 12.2 Å². The standard InChI is InChI=1S/C14H13ClN4O/c1-19-12-3-2-9(7-11(12)18-13(19)8-20)6-10-4-5-16-14(15)17-10/h2-5,7,20H,6,8H2,1H3. The number of hydrogen-bond donors (Lipinski definition) is 1. The summed E-state index contributed by atoms with van der Waals surface area (Å²) in [6.45, 7) is -0.0674. The average Bonchev–Trinajstić information content (AvgIpc) is 2.75. The lowest BCUT2D eigenvalue weighted by Gasteiger charge is -2.02. The summed E-state index contributed by atoms with van der Waals surface area (Å²) < 4.78 is 1.89. The quantitative estimate of drug-likeness (QED) is 0.750. The van der Waals surface area contributed by atoms with E-state index in [2.05, 4.69) is 15.0 Å². The molecule has 5 nitrogen and oxygen atoms in total. The molecule has 0 unspecified atom stereocenters. The Morgan fingerprint density at radius 3 is 2.85 bits per heavy atom. The summed E-state index contributed by atoms with van der Waals surface area (Å²) in [5.41, 5.74) is 3.82. The van der Waals surface area contributed by atoms with E-state index in [1.54, 1.807) is 6.20 Å². The molecule has 3 aromatic rings.